The minimum Gasteiger partial charge on any atom is -0.508 e. The molecule has 0 fully saturated rings. The van der Waals surface area contributed by atoms with Crippen molar-refractivity contribution in [1.29, 1.82) is 0 Å². The zero-order valence-electron chi connectivity index (χ0n) is 10.6. The van der Waals surface area contributed by atoms with Crippen LogP contribution in [0.4, 0.5) is 0 Å². The molecule has 2 N–H and O–H groups in total. The van der Waals surface area contributed by atoms with Crippen LogP contribution in [0.15, 0.2) is 54.6 Å². The smallest absolute Gasteiger partial charge is 0.119 e. The summed E-state index contributed by atoms with van der Waals surface area (Å²) in [4.78, 5) is 0. The molecule has 0 aromatic heterocycles. The van der Waals surface area contributed by atoms with Crippen molar-refractivity contribution in [3.8, 4) is 22.6 Å². The van der Waals surface area contributed by atoms with Crippen LogP contribution in [0.5, 0.6) is 11.5 Å². The van der Waals surface area contributed by atoms with E-state index in [1.807, 2.05) is 37.3 Å². The second kappa shape index (κ2) is 4.32. The molecule has 19 heavy (non-hydrogen) atoms. The highest BCUT2D eigenvalue weighted by Gasteiger charge is 2.06. The number of hydrogen-bond donors (Lipinski definition) is 2. The summed E-state index contributed by atoms with van der Waals surface area (Å²) in [5.41, 5.74) is 2.96. The van der Waals surface area contributed by atoms with Crippen LogP contribution >= 0.6 is 0 Å². The third-order valence-corrected chi connectivity index (χ3v) is 3.44. The van der Waals surface area contributed by atoms with E-state index >= 15 is 0 Å². The Morgan fingerprint density at radius 3 is 2.37 bits per heavy atom. The van der Waals surface area contributed by atoms with Gasteiger partial charge in [-0.2, -0.15) is 0 Å². The normalized spacial score (nSPS) is 10.8. The molecule has 2 nitrogen and oxygen atoms in total. The highest BCUT2D eigenvalue weighted by molar-refractivity contribution is 5.89. The lowest BCUT2D eigenvalue weighted by Crippen LogP contribution is -1.84. The van der Waals surface area contributed by atoms with Gasteiger partial charge < -0.3 is 10.2 Å². The minimum atomic E-state index is 0.272. The number of fused-ring (bicyclic) bond motifs is 1. The monoisotopic (exact) mass is 250 g/mol. The van der Waals surface area contributed by atoms with Crippen molar-refractivity contribution in [2.45, 2.75) is 6.92 Å². The van der Waals surface area contributed by atoms with Gasteiger partial charge in [0.2, 0.25) is 0 Å². The SMILES string of the molecule is Cc1c(O)cccc1-c1ccc2cc(O)ccc2c1. The molecule has 3 aromatic carbocycles. The van der Waals surface area contributed by atoms with Crippen molar-refractivity contribution in [2.24, 2.45) is 0 Å². The van der Waals surface area contributed by atoms with E-state index in [4.69, 9.17) is 0 Å². The van der Waals surface area contributed by atoms with Crippen LogP contribution in [0.25, 0.3) is 21.9 Å². The minimum absolute atomic E-state index is 0.272. The number of rotatable bonds is 1. The van der Waals surface area contributed by atoms with E-state index in [2.05, 4.69) is 6.07 Å². The predicted octanol–water partition coefficient (Wildman–Crippen LogP) is 4.23. The highest BCUT2D eigenvalue weighted by atomic mass is 16.3. The molecule has 0 amide bonds. The highest BCUT2D eigenvalue weighted by Crippen LogP contribution is 2.31. The van der Waals surface area contributed by atoms with Gasteiger partial charge in [-0.25, -0.2) is 0 Å². The molecule has 94 valence electrons. The fourth-order valence-corrected chi connectivity index (χ4v) is 2.34. The van der Waals surface area contributed by atoms with E-state index in [0.717, 1.165) is 27.5 Å². The molecule has 0 aliphatic carbocycles. The summed E-state index contributed by atoms with van der Waals surface area (Å²) in [7, 11) is 0. The zero-order chi connectivity index (χ0) is 13.4. The van der Waals surface area contributed by atoms with Gasteiger partial charge in [-0.1, -0.05) is 30.3 Å². The first-order valence-electron chi connectivity index (χ1n) is 6.17. The van der Waals surface area contributed by atoms with Crippen LogP contribution in [-0.2, 0) is 0 Å². The number of hydrogen-bond acceptors (Lipinski definition) is 2. The third-order valence-electron chi connectivity index (χ3n) is 3.44. The molecule has 0 unspecified atom stereocenters. The van der Waals surface area contributed by atoms with Gasteiger partial charge in [0.05, 0.1) is 0 Å². The van der Waals surface area contributed by atoms with E-state index in [-0.39, 0.29) is 5.75 Å². The Morgan fingerprint density at radius 2 is 1.53 bits per heavy atom. The van der Waals surface area contributed by atoms with Crippen molar-refractivity contribution in [2.75, 3.05) is 0 Å². The molecule has 0 heterocycles. The van der Waals surface area contributed by atoms with Crippen LogP contribution in [0.3, 0.4) is 0 Å². The maximum absolute atomic E-state index is 9.78. The second-order valence-corrected chi connectivity index (χ2v) is 4.70. The van der Waals surface area contributed by atoms with Crippen LogP contribution in [0, 0.1) is 6.92 Å². The predicted molar refractivity (Wildman–Crippen MR) is 77.5 cm³/mol. The lowest BCUT2D eigenvalue weighted by Gasteiger charge is -2.09. The van der Waals surface area contributed by atoms with Gasteiger partial charge in [-0.05, 0) is 58.7 Å². The summed E-state index contributed by atoms with van der Waals surface area (Å²) in [6.07, 6.45) is 0. The van der Waals surface area contributed by atoms with Crippen molar-refractivity contribution in [1.82, 2.24) is 0 Å². The number of aromatic hydroxyl groups is 2. The molecular weight excluding hydrogens is 236 g/mol. The number of phenolic OH excluding ortho intramolecular Hbond substituents is 2. The molecule has 0 saturated heterocycles. The molecule has 0 bridgehead atoms. The first-order valence-corrected chi connectivity index (χ1v) is 6.17. The molecule has 0 aliphatic heterocycles. The summed E-state index contributed by atoms with van der Waals surface area (Å²) in [5.74, 6) is 0.581. The fourth-order valence-electron chi connectivity index (χ4n) is 2.34. The molecule has 0 spiro atoms. The Hall–Kier alpha value is -2.48. The van der Waals surface area contributed by atoms with E-state index < -0.39 is 0 Å². The van der Waals surface area contributed by atoms with E-state index in [1.54, 1.807) is 18.2 Å². The summed E-state index contributed by atoms with van der Waals surface area (Å²) >= 11 is 0. The largest absolute Gasteiger partial charge is 0.508 e. The molecule has 0 radical (unpaired) electrons. The van der Waals surface area contributed by atoms with Crippen LogP contribution in [0.1, 0.15) is 5.56 Å². The third kappa shape index (κ3) is 2.02. The Morgan fingerprint density at radius 1 is 0.789 bits per heavy atom. The van der Waals surface area contributed by atoms with Gasteiger partial charge in [-0.15, -0.1) is 0 Å². The average Bonchev–Trinajstić information content (AvgIpc) is 2.41. The van der Waals surface area contributed by atoms with Gasteiger partial charge in [0.1, 0.15) is 11.5 Å². The van der Waals surface area contributed by atoms with Gasteiger partial charge in [-0.3, -0.25) is 0 Å². The first kappa shape index (κ1) is 11.6. The molecule has 3 rings (SSSR count). The second-order valence-electron chi connectivity index (χ2n) is 4.70. The topological polar surface area (TPSA) is 40.5 Å². The van der Waals surface area contributed by atoms with Crippen molar-refractivity contribution in [3.05, 3.63) is 60.2 Å². The van der Waals surface area contributed by atoms with Crippen molar-refractivity contribution >= 4 is 10.8 Å². The molecule has 0 aliphatic rings. The summed E-state index contributed by atoms with van der Waals surface area (Å²) in [5, 5.41) is 21.3. The van der Waals surface area contributed by atoms with E-state index in [9.17, 15) is 10.2 Å². The number of phenols is 2. The van der Waals surface area contributed by atoms with Gasteiger partial charge in [0.15, 0.2) is 0 Å². The average molecular weight is 250 g/mol. The lowest BCUT2D eigenvalue weighted by atomic mass is 9.97. The van der Waals surface area contributed by atoms with E-state index in [0.29, 0.717) is 5.75 Å². The molecular formula is C17H14O2. The zero-order valence-corrected chi connectivity index (χ0v) is 10.6. The molecule has 2 heteroatoms. The maximum Gasteiger partial charge on any atom is 0.119 e. The van der Waals surface area contributed by atoms with Crippen LogP contribution in [-0.4, -0.2) is 10.2 Å². The quantitative estimate of drug-likeness (QED) is 0.678. The first-order chi connectivity index (χ1) is 9.15. The van der Waals surface area contributed by atoms with Crippen molar-refractivity contribution in [3.63, 3.8) is 0 Å². The standard InChI is InChI=1S/C17H14O2/c1-11-16(3-2-4-17(11)19)14-6-5-13-10-15(18)8-7-12(13)9-14/h2-10,18-19H,1H3. The van der Waals surface area contributed by atoms with Crippen LogP contribution in [0.2, 0.25) is 0 Å². The van der Waals surface area contributed by atoms with Crippen molar-refractivity contribution < 1.29 is 10.2 Å². The Balaban J connectivity index is 2.20. The summed E-state index contributed by atoms with van der Waals surface area (Å²) in [6.45, 7) is 1.91. The van der Waals surface area contributed by atoms with Gasteiger partial charge in [0, 0.05) is 0 Å². The molecule has 0 atom stereocenters. The Labute approximate surface area is 111 Å². The summed E-state index contributed by atoms with van der Waals surface area (Å²) in [6, 6.07) is 16.9. The fraction of sp³-hybridized carbons (Fsp3) is 0.0588. The Bertz CT molecular complexity index is 760. The molecule has 3 aromatic rings. The van der Waals surface area contributed by atoms with Gasteiger partial charge in [0.25, 0.3) is 0 Å². The van der Waals surface area contributed by atoms with E-state index in [1.165, 1.54) is 0 Å². The number of benzene rings is 3. The van der Waals surface area contributed by atoms with Gasteiger partial charge >= 0.3 is 0 Å². The Kier molecular flexibility index (Phi) is 2.64. The maximum atomic E-state index is 9.78. The summed E-state index contributed by atoms with van der Waals surface area (Å²) < 4.78 is 0. The lowest BCUT2D eigenvalue weighted by molar-refractivity contribution is 0.471. The molecule has 0 saturated carbocycles. The van der Waals surface area contributed by atoms with Crippen LogP contribution < -0.4 is 0 Å².